The number of aromatic nitrogens is 1. The molecular formula is C19H12BrN3O3. The van der Waals surface area contributed by atoms with E-state index in [0.717, 1.165) is 0 Å². The minimum Gasteiger partial charge on any atom is -0.457 e. The van der Waals surface area contributed by atoms with Crippen LogP contribution in [0.4, 0.5) is 5.69 Å². The number of halogens is 1. The lowest BCUT2D eigenvalue weighted by Gasteiger charge is -2.08. The van der Waals surface area contributed by atoms with Crippen LogP contribution < -0.4 is 15.6 Å². The number of rotatable bonds is 4. The van der Waals surface area contributed by atoms with Crippen molar-refractivity contribution < 1.29 is 9.53 Å². The first-order valence-electron chi connectivity index (χ1n) is 7.53. The second-order valence-corrected chi connectivity index (χ2v) is 6.20. The zero-order valence-electron chi connectivity index (χ0n) is 13.3. The fraction of sp³-hybridized carbons (Fsp3) is 0. The third-order valence-electron chi connectivity index (χ3n) is 3.43. The molecule has 6 nitrogen and oxygen atoms in total. The molecule has 0 bridgehead atoms. The minimum absolute atomic E-state index is 0.141. The van der Waals surface area contributed by atoms with Crippen LogP contribution in [0.1, 0.15) is 15.9 Å². The lowest BCUT2D eigenvalue weighted by Crippen LogP contribution is -2.19. The number of hydrogen-bond acceptors (Lipinski definition) is 4. The first-order valence-corrected chi connectivity index (χ1v) is 8.32. The average Bonchev–Trinajstić information content (AvgIpc) is 2.65. The number of carbonyl (C=O) groups is 1. The monoisotopic (exact) mass is 409 g/mol. The van der Waals surface area contributed by atoms with E-state index in [2.05, 4.69) is 26.2 Å². The minimum atomic E-state index is -0.432. The Morgan fingerprint density at radius 2 is 1.88 bits per heavy atom. The van der Waals surface area contributed by atoms with E-state index in [9.17, 15) is 9.59 Å². The number of nitrogens with one attached hydrogen (secondary N) is 2. The van der Waals surface area contributed by atoms with Crippen molar-refractivity contribution in [2.45, 2.75) is 0 Å². The van der Waals surface area contributed by atoms with Crippen LogP contribution in [0.15, 0.2) is 70.1 Å². The molecule has 3 rings (SSSR count). The summed E-state index contributed by atoms with van der Waals surface area (Å²) in [6.45, 7) is 0. The highest BCUT2D eigenvalue weighted by Gasteiger charge is 2.10. The lowest BCUT2D eigenvalue weighted by molar-refractivity contribution is 0.102. The van der Waals surface area contributed by atoms with Gasteiger partial charge in [-0.3, -0.25) is 9.59 Å². The number of ether oxygens (including phenoxy) is 1. The van der Waals surface area contributed by atoms with Crippen LogP contribution in [0, 0.1) is 11.3 Å². The molecule has 2 aromatic carbocycles. The van der Waals surface area contributed by atoms with Crippen LogP contribution in [0.25, 0.3) is 0 Å². The van der Waals surface area contributed by atoms with Gasteiger partial charge in [-0.15, -0.1) is 0 Å². The highest BCUT2D eigenvalue weighted by atomic mass is 79.9. The average molecular weight is 410 g/mol. The Morgan fingerprint density at radius 3 is 2.62 bits per heavy atom. The highest BCUT2D eigenvalue weighted by molar-refractivity contribution is 9.10. The van der Waals surface area contributed by atoms with Gasteiger partial charge in [0.25, 0.3) is 11.5 Å². The first kappa shape index (κ1) is 17.5. The molecule has 0 saturated heterocycles. The Balaban J connectivity index is 1.77. The number of hydrogen-bond donors (Lipinski definition) is 2. The van der Waals surface area contributed by atoms with Crippen LogP contribution >= 0.6 is 15.9 Å². The van der Waals surface area contributed by atoms with Crippen LogP contribution in [0.2, 0.25) is 0 Å². The summed E-state index contributed by atoms with van der Waals surface area (Å²) in [5.41, 5.74) is 0.620. The van der Waals surface area contributed by atoms with Gasteiger partial charge in [-0.25, -0.2) is 0 Å². The van der Waals surface area contributed by atoms with E-state index in [1.54, 1.807) is 48.5 Å². The van der Waals surface area contributed by atoms with Crippen molar-refractivity contribution in [3.05, 3.63) is 86.7 Å². The molecule has 7 heteroatoms. The smallest absolute Gasteiger partial charge is 0.271 e. The number of aromatic amines is 1. The highest BCUT2D eigenvalue weighted by Crippen LogP contribution is 2.23. The van der Waals surface area contributed by atoms with E-state index in [0.29, 0.717) is 27.1 Å². The third kappa shape index (κ3) is 4.18. The van der Waals surface area contributed by atoms with Crippen molar-refractivity contribution in [2.24, 2.45) is 0 Å². The maximum Gasteiger partial charge on any atom is 0.271 e. The van der Waals surface area contributed by atoms with Gasteiger partial charge >= 0.3 is 0 Å². The summed E-state index contributed by atoms with van der Waals surface area (Å²) in [7, 11) is 0. The lowest BCUT2D eigenvalue weighted by atomic mass is 10.2. The molecule has 0 atom stereocenters. The summed E-state index contributed by atoms with van der Waals surface area (Å²) >= 11 is 3.24. The van der Waals surface area contributed by atoms with Crippen LogP contribution in [0.5, 0.6) is 11.5 Å². The van der Waals surface area contributed by atoms with Crippen molar-refractivity contribution in [3.8, 4) is 17.6 Å². The molecule has 0 aliphatic carbocycles. The molecule has 0 spiro atoms. The number of nitriles is 1. The first-order chi connectivity index (χ1) is 12.5. The molecule has 0 aliphatic heterocycles. The predicted molar refractivity (Wildman–Crippen MR) is 100 cm³/mol. The number of carbonyl (C=O) groups excluding carboxylic acids is 1. The van der Waals surface area contributed by atoms with Gasteiger partial charge in [0.1, 0.15) is 17.2 Å². The van der Waals surface area contributed by atoms with Gasteiger partial charge in [-0.1, -0.05) is 6.07 Å². The molecule has 1 heterocycles. The summed E-state index contributed by atoms with van der Waals surface area (Å²) in [4.78, 5) is 26.7. The maximum absolute atomic E-state index is 12.4. The SMILES string of the molecule is N#Cc1ccc(Oc2cccc(C(=O)Nc3cc(Br)c[nH]c3=O)c2)cc1. The Kier molecular flexibility index (Phi) is 5.15. The van der Waals surface area contributed by atoms with Gasteiger partial charge in [0.05, 0.1) is 11.6 Å². The van der Waals surface area contributed by atoms with Crippen LogP contribution in [-0.4, -0.2) is 10.9 Å². The molecule has 0 fully saturated rings. The van der Waals surface area contributed by atoms with Crippen molar-refractivity contribution in [2.75, 3.05) is 5.32 Å². The molecule has 26 heavy (non-hydrogen) atoms. The summed E-state index contributed by atoms with van der Waals surface area (Å²) in [6.07, 6.45) is 1.49. The van der Waals surface area contributed by atoms with Gasteiger partial charge in [-0.05, 0) is 64.5 Å². The van der Waals surface area contributed by atoms with E-state index in [1.807, 2.05) is 6.07 Å². The molecular weight excluding hydrogens is 398 g/mol. The zero-order valence-corrected chi connectivity index (χ0v) is 14.9. The van der Waals surface area contributed by atoms with Crippen LogP contribution in [-0.2, 0) is 0 Å². The third-order valence-corrected chi connectivity index (χ3v) is 3.89. The fourth-order valence-electron chi connectivity index (χ4n) is 2.18. The second-order valence-electron chi connectivity index (χ2n) is 5.28. The van der Waals surface area contributed by atoms with Crippen molar-refractivity contribution in [1.82, 2.24) is 4.98 Å². The molecule has 0 unspecified atom stereocenters. The Bertz CT molecular complexity index is 1050. The van der Waals surface area contributed by atoms with Crippen molar-refractivity contribution >= 4 is 27.5 Å². The number of nitrogens with zero attached hydrogens (tertiary/aromatic N) is 1. The Hall–Kier alpha value is -3.37. The summed E-state index contributed by atoms with van der Waals surface area (Å²) in [6, 6.07) is 16.8. The predicted octanol–water partition coefficient (Wildman–Crippen LogP) is 4.05. The normalized spacial score (nSPS) is 10.0. The van der Waals surface area contributed by atoms with E-state index < -0.39 is 11.5 Å². The molecule has 0 aliphatic rings. The zero-order chi connectivity index (χ0) is 18.5. The van der Waals surface area contributed by atoms with E-state index in [1.165, 1.54) is 12.3 Å². The standard InChI is InChI=1S/C19H12BrN3O3/c20-14-9-17(19(25)22-11-14)23-18(24)13-2-1-3-16(8-13)26-15-6-4-12(10-21)5-7-15/h1-9,11H,(H,22,25)(H,23,24). The number of amides is 1. The topological polar surface area (TPSA) is 95.0 Å². The molecule has 1 amide bonds. The maximum atomic E-state index is 12.4. The summed E-state index contributed by atoms with van der Waals surface area (Å²) in [5.74, 6) is 0.578. The molecule has 0 saturated carbocycles. The molecule has 2 N–H and O–H groups in total. The van der Waals surface area contributed by atoms with Gasteiger partial charge in [0.15, 0.2) is 0 Å². The second kappa shape index (κ2) is 7.68. The Labute approximate surface area is 157 Å². The van der Waals surface area contributed by atoms with E-state index >= 15 is 0 Å². The fourth-order valence-corrected chi connectivity index (χ4v) is 2.52. The number of pyridine rings is 1. The van der Waals surface area contributed by atoms with Crippen molar-refractivity contribution in [1.29, 1.82) is 5.26 Å². The number of H-pyrrole nitrogens is 1. The quantitative estimate of drug-likeness (QED) is 0.679. The Morgan fingerprint density at radius 1 is 1.12 bits per heavy atom. The molecule has 3 aromatic rings. The van der Waals surface area contributed by atoms with Gasteiger partial charge in [0, 0.05) is 16.2 Å². The van der Waals surface area contributed by atoms with Gasteiger partial charge in [-0.2, -0.15) is 5.26 Å². The summed E-state index contributed by atoms with van der Waals surface area (Å²) < 4.78 is 6.34. The number of anilines is 1. The van der Waals surface area contributed by atoms with Gasteiger partial charge in [0.2, 0.25) is 0 Å². The largest absolute Gasteiger partial charge is 0.457 e. The summed E-state index contributed by atoms with van der Waals surface area (Å²) in [5, 5.41) is 11.4. The molecule has 0 radical (unpaired) electrons. The van der Waals surface area contributed by atoms with E-state index in [-0.39, 0.29) is 5.69 Å². The van der Waals surface area contributed by atoms with Crippen LogP contribution in [0.3, 0.4) is 0 Å². The van der Waals surface area contributed by atoms with Gasteiger partial charge < -0.3 is 15.0 Å². The van der Waals surface area contributed by atoms with Crippen molar-refractivity contribution in [3.63, 3.8) is 0 Å². The molecule has 1 aromatic heterocycles. The van der Waals surface area contributed by atoms with E-state index in [4.69, 9.17) is 10.00 Å². The molecule has 128 valence electrons. The number of benzene rings is 2.